The molecule has 0 unspecified atom stereocenters. The Hall–Kier alpha value is -2.73. The van der Waals surface area contributed by atoms with E-state index in [0.29, 0.717) is 0 Å². The summed E-state index contributed by atoms with van der Waals surface area (Å²) in [5.41, 5.74) is 3.78. The molecule has 0 bridgehead atoms. The first-order valence-electron chi connectivity index (χ1n) is 8.44. The van der Waals surface area contributed by atoms with Gasteiger partial charge in [0.15, 0.2) is 0 Å². The van der Waals surface area contributed by atoms with E-state index in [0.717, 1.165) is 43.7 Å². The van der Waals surface area contributed by atoms with Gasteiger partial charge in [-0.1, -0.05) is 36.1 Å². The molecule has 1 N–H and O–H groups in total. The van der Waals surface area contributed by atoms with Crippen LogP contribution in [-0.4, -0.2) is 30.0 Å². The highest BCUT2D eigenvalue weighted by molar-refractivity contribution is 5.44. The molecule has 2 heterocycles. The third-order valence-electron chi connectivity index (χ3n) is 4.16. The fraction of sp³-hybridized carbons (Fsp3) is 0.286. The van der Waals surface area contributed by atoms with Crippen LogP contribution >= 0.6 is 0 Å². The average Bonchev–Trinajstić information content (AvgIpc) is 2.67. The fourth-order valence-corrected chi connectivity index (χ4v) is 2.75. The van der Waals surface area contributed by atoms with Crippen LogP contribution in [0.15, 0.2) is 66.1 Å². The van der Waals surface area contributed by atoms with Crippen molar-refractivity contribution < 1.29 is 0 Å². The number of rotatable bonds is 4. The zero-order valence-corrected chi connectivity index (χ0v) is 14.1. The average molecular weight is 317 g/mol. The van der Waals surface area contributed by atoms with Crippen LogP contribution in [0.25, 0.3) is 0 Å². The minimum atomic E-state index is 0.854. The van der Waals surface area contributed by atoms with E-state index < -0.39 is 0 Å². The van der Waals surface area contributed by atoms with Crippen molar-refractivity contribution >= 4 is 5.82 Å². The first-order chi connectivity index (χ1) is 11.8. The Morgan fingerprint density at radius 3 is 2.88 bits per heavy atom. The van der Waals surface area contributed by atoms with Crippen LogP contribution in [0, 0.1) is 11.8 Å². The molecule has 0 saturated heterocycles. The van der Waals surface area contributed by atoms with E-state index in [1.165, 1.54) is 11.1 Å². The topological polar surface area (TPSA) is 28.2 Å². The number of anilines is 1. The molecule has 0 saturated carbocycles. The minimum absolute atomic E-state index is 0.854. The van der Waals surface area contributed by atoms with Crippen molar-refractivity contribution in [3.8, 4) is 11.8 Å². The van der Waals surface area contributed by atoms with Crippen molar-refractivity contribution in [2.45, 2.75) is 19.3 Å². The lowest BCUT2D eigenvalue weighted by molar-refractivity contribution is 0.420. The van der Waals surface area contributed by atoms with Crippen LogP contribution in [-0.2, 0) is 0 Å². The monoisotopic (exact) mass is 317 g/mol. The molecular formula is C21H23N3. The molecule has 2 aliphatic rings. The van der Waals surface area contributed by atoms with E-state index in [4.69, 9.17) is 0 Å². The van der Waals surface area contributed by atoms with E-state index in [9.17, 15) is 0 Å². The molecule has 3 heteroatoms. The summed E-state index contributed by atoms with van der Waals surface area (Å²) in [6.07, 6.45) is 18.3. The van der Waals surface area contributed by atoms with Crippen molar-refractivity contribution in [2.24, 2.45) is 0 Å². The first-order valence-corrected chi connectivity index (χ1v) is 8.44. The van der Waals surface area contributed by atoms with E-state index in [1.807, 2.05) is 19.2 Å². The molecule has 0 fully saturated rings. The predicted octanol–water partition coefficient (Wildman–Crippen LogP) is 3.90. The van der Waals surface area contributed by atoms with Crippen molar-refractivity contribution in [2.75, 3.05) is 25.5 Å². The molecule has 1 aliphatic heterocycles. The van der Waals surface area contributed by atoms with Crippen LogP contribution in [0.5, 0.6) is 0 Å². The van der Waals surface area contributed by atoms with E-state index in [-0.39, 0.29) is 0 Å². The molecule has 122 valence electrons. The van der Waals surface area contributed by atoms with Gasteiger partial charge in [-0.3, -0.25) is 0 Å². The fourth-order valence-electron chi connectivity index (χ4n) is 2.75. The van der Waals surface area contributed by atoms with Gasteiger partial charge < -0.3 is 10.2 Å². The third kappa shape index (κ3) is 4.39. The van der Waals surface area contributed by atoms with Gasteiger partial charge in [-0.05, 0) is 48.4 Å². The summed E-state index contributed by atoms with van der Waals surface area (Å²) < 4.78 is 0. The highest BCUT2D eigenvalue weighted by Gasteiger charge is 2.08. The van der Waals surface area contributed by atoms with Gasteiger partial charge in [-0.25, -0.2) is 4.98 Å². The van der Waals surface area contributed by atoms with Crippen molar-refractivity contribution in [3.05, 3.63) is 71.6 Å². The van der Waals surface area contributed by atoms with Crippen molar-refractivity contribution in [1.29, 1.82) is 0 Å². The maximum absolute atomic E-state index is 4.27. The number of aromatic nitrogens is 1. The number of hydrogen-bond donors (Lipinski definition) is 1. The van der Waals surface area contributed by atoms with Gasteiger partial charge in [0.05, 0.1) is 0 Å². The largest absolute Gasteiger partial charge is 0.373 e. The molecule has 3 rings (SSSR count). The highest BCUT2D eigenvalue weighted by Crippen LogP contribution is 2.22. The number of pyridine rings is 1. The van der Waals surface area contributed by atoms with Crippen molar-refractivity contribution in [3.63, 3.8) is 0 Å². The van der Waals surface area contributed by atoms with Crippen LogP contribution < -0.4 is 5.32 Å². The van der Waals surface area contributed by atoms with Gasteiger partial charge in [0.2, 0.25) is 0 Å². The van der Waals surface area contributed by atoms with Crippen LogP contribution in [0.4, 0.5) is 5.82 Å². The Bertz CT molecular complexity index is 740. The second-order valence-corrected chi connectivity index (χ2v) is 5.84. The summed E-state index contributed by atoms with van der Waals surface area (Å²) in [4.78, 5) is 6.57. The molecule has 0 aromatic carbocycles. The van der Waals surface area contributed by atoms with Crippen LogP contribution in [0.2, 0.25) is 0 Å². The third-order valence-corrected chi connectivity index (χ3v) is 4.16. The van der Waals surface area contributed by atoms with Gasteiger partial charge >= 0.3 is 0 Å². The van der Waals surface area contributed by atoms with E-state index >= 15 is 0 Å². The van der Waals surface area contributed by atoms with Gasteiger partial charge in [-0.15, -0.1) is 0 Å². The van der Waals surface area contributed by atoms with E-state index in [2.05, 4.69) is 63.6 Å². The zero-order chi connectivity index (χ0) is 16.6. The number of nitrogens with one attached hydrogen (secondary N) is 1. The number of nitrogens with zero attached hydrogens (tertiary/aromatic N) is 2. The highest BCUT2D eigenvalue weighted by atomic mass is 15.1. The second kappa shape index (κ2) is 8.21. The van der Waals surface area contributed by atoms with Crippen LogP contribution in [0.3, 0.4) is 0 Å². The molecule has 0 amide bonds. The lowest BCUT2D eigenvalue weighted by Gasteiger charge is -2.23. The minimum Gasteiger partial charge on any atom is -0.373 e. The molecule has 3 nitrogen and oxygen atoms in total. The number of hydrogen-bond acceptors (Lipinski definition) is 3. The summed E-state index contributed by atoms with van der Waals surface area (Å²) >= 11 is 0. The Kier molecular flexibility index (Phi) is 5.52. The normalized spacial score (nSPS) is 16.1. The summed E-state index contributed by atoms with van der Waals surface area (Å²) in [6.45, 7) is 1.92. The van der Waals surface area contributed by atoms with Gasteiger partial charge in [-0.2, -0.15) is 0 Å². The zero-order valence-electron chi connectivity index (χ0n) is 14.1. The lowest BCUT2D eigenvalue weighted by atomic mass is 9.96. The quantitative estimate of drug-likeness (QED) is 0.674. The number of allylic oxidation sites excluding steroid dienone is 6. The Balaban J connectivity index is 1.45. The van der Waals surface area contributed by atoms with Gasteiger partial charge in [0, 0.05) is 38.3 Å². The Labute approximate surface area is 144 Å². The SMILES string of the molecule is CNc1ccc(C#CCCN2C=CC(C3=CCC=CC3)=CC2)cn1. The molecule has 1 aliphatic carbocycles. The molecule has 0 atom stereocenters. The Morgan fingerprint density at radius 2 is 2.21 bits per heavy atom. The molecule has 0 radical (unpaired) electrons. The first kappa shape index (κ1) is 16.1. The predicted molar refractivity (Wildman–Crippen MR) is 101 cm³/mol. The van der Waals surface area contributed by atoms with E-state index in [1.54, 1.807) is 6.20 Å². The summed E-state index contributed by atoms with van der Waals surface area (Å²) in [5, 5.41) is 3.00. The lowest BCUT2D eigenvalue weighted by Crippen LogP contribution is -2.21. The maximum atomic E-state index is 4.27. The van der Waals surface area contributed by atoms with Gasteiger partial charge in [0.1, 0.15) is 5.82 Å². The molecule has 24 heavy (non-hydrogen) atoms. The van der Waals surface area contributed by atoms with Crippen LogP contribution in [0.1, 0.15) is 24.8 Å². The van der Waals surface area contributed by atoms with Gasteiger partial charge in [0.25, 0.3) is 0 Å². The summed E-state index contributed by atoms with van der Waals surface area (Å²) in [5.74, 6) is 7.27. The smallest absolute Gasteiger partial charge is 0.125 e. The summed E-state index contributed by atoms with van der Waals surface area (Å²) in [7, 11) is 1.86. The van der Waals surface area contributed by atoms with Crippen molar-refractivity contribution in [1.82, 2.24) is 9.88 Å². The molecular weight excluding hydrogens is 294 g/mol. The summed E-state index contributed by atoms with van der Waals surface area (Å²) in [6, 6.07) is 3.94. The molecule has 1 aromatic rings. The Morgan fingerprint density at radius 1 is 1.25 bits per heavy atom. The maximum Gasteiger partial charge on any atom is 0.125 e. The molecule has 0 spiro atoms. The second-order valence-electron chi connectivity index (χ2n) is 5.84. The molecule has 1 aromatic heterocycles. The standard InChI is InChI=1S/C21H23N3/c1-22-21-11-10-18(17-23-21)7-5-6-14-24-15-12-20(13-16-24)19-8-3-2-4-9-19/h2-3,9-13,15,17H,4,6,8,14,16H2,1H3,(H,22,23).